The van der Waals surface area contributed by atoms with Crippen LogP contribution in [0, 0.1) is 19.3 Å². The molecule has 2 aliphatic rings. The Morgan fingerprint density at radius 2 is 1.68 bits per heavy atom. The fourth-order valence-corrected chi connectivity index (χ4v) is 6.89. The maximum Gasteiger partial charge on any atom is 0.254 e. The van der Waals surface area contributed by atoms with Crippen molar-refractivity contribution in [3.8, 4) is 17.1 Å². The zero-order valence-corrected chi connectivity index (χ0v) is 28.8. The number of hydrogen-bond acceptors (Lipinski definition) is 9. The van der Waals surface area contributed by atoms with E-state index in [1.54, 1.807) is 0 Å². The number of anilines is 2. The summed E-state index contributed by atoms with van der Waals surface area (Å²) in [5.41, 5.74) is 5.65. The first-order chi connectivity index (χ1) is 22.6. The van der Waals surface area contributed by atoms with Crippen LogP contribution in [-0.4, -0.2) is 71.3 Å². The Bertz CT molecular complexity index is 1700. The molecule has 2 aromatic heterocycles. The monoisotopic (exact) mass is 652 g/mol. The Balaban J connectivity index is 1.35. The lowest BCUT2D eigenvalue weighted by molar-refractivity contribution is 0.0540. The number of morpholine rings is 1. The maximum atomic E-state index is 14.4. The number of pyridine rings is 1. The molecule has 1 fully saturated rings. The first-order valence-corrected chi connectivity index (χ1v) is 17.2. The molecule has 10 heteroatoms. The molecule has 6 rings (SSSR count). The summed E-state index contributed by atoms with van der Waals surface area (Å²) in [7, 11) is 0. The van der Waals surface area contributed by atoms with Crippen molar-refractivity contribution in [1.29, 1.82) is 0 Å². The van der Waals surface area contributed by atoms with Crippen LogP contribution in [0.1, 0.15) is 54.4 Å². The summed E-state index contributed by atoms with van der Waals surface area (Å²) in [6.45, 7) is 14.6. The lowest BCUT2D eigenvalue weighted by atomic mass is 9.87. The van der Waals surface area contributed by atoms with Gasteiger partial charge in [-0.05, 0) is 79.1 Å². The van der Waals surface area contributed by atoms with Crippen LogP contribution in [0.25, 0.3) is 11.3 Å². The molecule has 1 N–H and O–H groups in total. The van der Waals surface area contributed by atoms with Crippen LogP contribution in [-0.2, 0) is 11.2 Å². The minimum atomic E-state index is -0.211. The summed E-state index contributed by atoms with van der Waals surface area (Å²) >= 11 is 1.38. The zero-order chi connectivity index (χ0) is 33.0. The third-order valence-corrected chi connectivity index (χ3v) is 9.26. The number of nitrogens with one attached hydrogen (secondary N) is 1. The topological polar surface area (TPSA) is 92.7 Å². The molecular weight excluding hydrogens is 609 g/mol. The molecule has 0 saturated carbocycles. The second-order valence-corrected chi connectivity index (χ2v) is 14.4. The predicted molar refractivity (Wildman–Crippen MR) is 188 cm³/mol. The van der Waals surface area contributed by atoms with Gasteiger partial charge in [-0.3, -0.25) is 9.52 Å². The van der Waals surface area contributed by atoms with Gasteiger partial charge in [0.2, 0.25) is 11.8 Å². The van der Waals surface area contributed by atoms with E-state index in [9.17, 15) is 4.79 Å². The van der Waals surface area contributed by atoms with Gasteiger partial charge in [0.1, 0.15) is 12.4 Å². The standard InChI is InChI=1S/C37H44N6O3S/c1-25-9-6-10-26(2)34(25)31-22-33-40-36(39-31)41-47-30-13-7-11-27(21-30)35(44)43(29(24-46-33)23-37(3,4)5)16-15-28-12-8-14-32(38-28)42-17-19-45-20-18-42/h6-14,21-22,29H,15-20,23-24H2,1-5H3,(H,39,40,41)/t29-/m1/s1. The van der Waals surface area contributed by atoms with E-state index in [2.05, 4.69) is 74.6 Å². The zero-order valence-electron chi connectivity index (χ0n) is 28.0. The van der Waals surface area contributed by atoms with Crippen LogP contribution in [0.4, 0.5) is 11.8 Å². The molecule has 9 nitrogen and oxygen atoms in total. The number of rotatable bonds is 6. The summed E-state index contributed by atoms with van der Waals surface area (Å²) in [6.07, 6.45) is 1.36. The molecule has 0 aliphatic carbocycles. The van der Waals surface area contributed by atoms with Crippen molar-refractivity contribution in [3.05, 3.63) is 89.1 Å². The molecule has 47 heavy (non-hydrogen) atoms. The molecule has 1 atom stereocenters. The van der Waals surface area contributed by atoms with Crippen molar-refractivity contribution in [2.75, 3.05) is 49.1 Å². The highest BCUT2D eigenvalue weighted by Gasteiger charge is 2.30. The average molecular weight is 653 g/mol. The third kappa shape index (κ3) is 8.23. The van der Waals surface area contributed by atoms with E-state index >= 15 is 0 Å². The van der Waals surface area contributed by atoms with Gasteiger partial charge < -0.3 is 19.3 Å². The third-order valence-electron chi connectivity index (χ3n) is 8.49. The van der Waals surface area contributed by atoms with E-state index in [0.717, 1.165) is 58.3 Å². The van der Waals surface area contributed by atoms with Crippen molar-refractivity contribution >= 4 is 29.6 Å². The van der Waals surface area contributed by atoms with Crippen LogP contribution in [0.2, 0.25) is 0 Å². The number of carbonyl (C=O) groups excluding carboxylic acids is 1. The van der Waals surface area contributed by atoms with E-state index < -0.39 is 0 Å². The summed E-state index contributed by atoms with van der Waals surface area (Å²) in [5.74, 6) is 1.85. The Kier molecular flexibility index (Phi) is 9.98. The van der Waals surface area contributed by atoms with Crippen molar-refractivity contribution in [2.45, 2.75) is 58.4 Å². The molecule has 0 unspecified atom stereocenters. The molecule has 4 aromatic rings. The molecular formula is C37H44N6O3S. The molecule has 2 aromatic carbocycles. The second-order valence-electron chi connectivity index (χ2n) is 13.5. The number of carbonyl (C=O) groups is 1. The summed E-state index contributed by atoms with van der Waals surface area (Å²) in [4.78, 5) is 34.2. The summed E-state index contributed by atoms with van der Waals surface area (Å²) in [5, 5.41) is 0. The number of amides is 1. The van der Waals surface area contributed by atoms with Crippen LogP contribution in [0.15, 0.2) is 71.6 Å². The lowest BCUT2D eigenvalue weighted by Crippen LogP contribution is -2.46. The number of hydrogen-bond donors (Lipinski definition) is 1. The number of aryl methyl sites for hydroxylation is 2. The van der Waals surface area contributed by atoms with Gasteiger partial charge >= 0.3 is 0 Å². The fourth-order valence-electron chi connectivity index (χ4n) is 6.26. The number of ether oxygens (including phenoxy) is 2. The second kappa shape index (κ2) is 14.3. The van der Waals surface area contributed by atoms with Crippen molar-refractivity contribution in [1.82, 2.24) is 19.9 Å². The van der Waals surface area contributed by atoms with Crippen LogP contribution in [0.3, 0.4) is 0 Å². The quantitative estimate of drug-likeness (QED) is 0.221. The van der Waals surface area contributed by atoms with Gasteiger partial charge in [0.25, 0.3) is 5.91 Å². The minimum absolute atomic E-state index is 0.0251. The Labute approximate surface area is 282 Å². The Morgan fingerprint density at radius 1 is 0.936 bits per heavy atom. The first kappa shape index (κ1) is 32.8. The van der Waals surface area contributed by atoms with Gasteiger partial charge in [0.15, 0.2) is 0 Å². The van der Waals surface area contributed by atoms with Gasteiger partial charge in [-0.25, -0.2) is 9.97 Å². The summed E-state index contributed by atoms with van der Waals surface area (Å²) < 4.78 is 15.4. The fraction of sp³-hybridized carbons (Fsp3) is 0.405. The smallest absolute Gasteiger partial charge is 0.254 e. The van der Waals surface area contributed by atoms with Crippen LogP contribution >= 0.6 is 11.9 Å². The minimum Gasteiger partial charge on any atom is -0.475 e. The number of nitrogens with zero attached hydrogens (tertiary/aromatic N) is 5. The van der Waals surface area contributed by atoms with Crippen molar-refractivity contribution in [2.24, 2.45) is 5.41 Å². The molecule has 2 aliphatic heterocycles. The van der Waals surface area contributed by atoms with Crippen molar-refractivity contribution < 1.29 is 14.3 Å². The highest BCUT2D eigenvalue weighted by Crippen LogP contribution is 2.32. The molecule has 1 saturated heterocycles. The Hall–Kier alpha value is -4.15. The van der Waals surface area contributed by atoms with E-state index in [0.29, 0.717) is 50.2 Å². The largest absolute Gasteiger partial charge is 0.475 e. The molecule has 4 heterocycles. The van der Waals surface area contributed by atoms with Gasteiger partial charge in [-0.15, -0.1) is 0 Å². The SMILES string of the molecule is Cc1cccc(C)c1-c1cc2nc(n1)NSc1cccc(c1)C(=O)N(CCc1cccc(N3CCOCC3)n1)[C@H](CC(C)(C)C)CO2. The maximum absolute atomic E-state index is 14.4. The predicted octanol–water partition coefficient (Wildman–Crippen LogP) is 6.99. The molecule has 0 radical (unpaired) electrons. The van der Waals surface area contributed by atoms with Crippen LogP contribution < -0.4 is 14.4 Å². The molecule has 1 amide bonds. The van der Waals surface area contributed by atoms with E-state index in [-0.39, 0.29) is 17.4 Å². The highest BCUT2D eigenvalue weighted by molar-refractivity contribution is 8.00. The Morgan fingerprint density at radius 3 is 2.45 bits per heavy atom. The van der Waals surface area contributed by atoms with Gasteiger partial charge in [0, 0.05) is 53.8 Å². The lowest BCUT2D eigenvalue weighted by Gasteiger charge is -2.36. The number of fused-ring (bicyclic) bond motifs is 4. The van der Waals surface area contributed by atoms with E-state index in [1.807, 2.05) is 41.3 Å². The molecule has 0 spiro atoms. The van der Waals surface area contributed by atoms with Gasteiger partial charge in [-0.2, -0.15) is 4.98 Å². The van der Waals surface area contributed by atoms with E-state index in [4.69, 9.17) is 24.4 Å². The van der Waals surface area contributed by atoms with Gasteiger partial charge in [-0.1, -0.05) is 51.1 Å². The first-order valence-electron chi connectivity index (χ1n) is 16.3. The molecule has 4 bridgehead atoms. The van der Waals surface area contributed by atoms with Crippen LogP contribution in [0.5, 0.6) is 5.88 Å². The molecule has 246 valence electrons. The number of aromatic nitrogens is 3. The van der Waals surface area contributed by atoms with Crippen molar-refractivity contribution in [3.63, 3.8) is 0 Å². The highest BCUT2D eigenvalue weighted by atomic mass is 32.2. The van der Waals surface area contributed by atoms with E-state index in [1.165, 1.54) is 11.9 Å². The average Bonchev–Trinajstić information content (AvgIpc) is 3.06. The van der Waals surface area contributed by atoms with Gasteiger partial charge in [0.05, 0.1) is 24.9 Å². The summed E-state index contributed by atoms with van der Waals surface area (Å²) in [6, 6.07) is 21.8. The normalized spacial score (nSPS) is 17.2. The number of benzene rings is 2.